The summed E-state index contributed by atoms with van der Waals surface area (Å²) in [5.74, 6) is 0.447. The second kappa shape index (κ2) is 5.51. The van der Waals surface area contributed by atoms with Crippen molar-refractivity contribution >= 4 is 28.4 Å². The molecule has 0 aliphatic carbocycles. The van der Waals surface area contributed by atoms with Crippen LogP contribution in [0.2, 0.25) is 0 Å². The first-order valence-corrected chi connectivity index (χ1v) is 7.23. The van der Waals surface area contributed by atoms with Crippen molar-refractivity contribution in [2.75, 3.05) is 5.73 Å². The van der Waals surface area contributed by atoms with Crippen LogP contribution in [0.25, 0.3) is 10.9 Å². The van der Waals surface area contributed by atoms with Crippen molar-refractivity contribution in [1.82, 2.24) is 4.98 Å². The van der Waals surface area contributed by atoms with Crippen molar-refractivity contribution in [3.63, 3.8) is 0 Å². The fraction of sp³-hybridized carbons (Fsp3) is 0.0625. The van der Waals surface area contributed by atoms with Crippen LogP contribution in [0.3, 0.4) is 0 Å². The standard InChI is InChI=1S/C16H13FN2S/c17-13-6-7-15(14(18)9-13)20-10-12-4-1-3-11-5-2-8-19-16(11)12/h1-9H,10,18H2. The molecule has 0 aliphatic heterocycles. The summed E-state index contributed by atoms with van der Waals surface area (Å²) in [6.45, 7) is 0. The number of hydrogen-bond acceptors (Lipinski definition) is 3. The van der Waals surface area contributed by atoms with E-state index >= 15 is 0 Å². The number of thioether (sulfide) groups is 1. The Morgan fingerprint density at radius 3 is 2.80 bits per heavy atom. The molecule has 0 fully saturated rings. The van der Waals surface area contributed by atoms with E-state index in [0.717, 1.165) is 27.1 Å². The Morgan fingerprint density at radius 1 is 1.10 bits per heavy atom. The molecule has 2 aromatic carbocycles. The van der Waals surface area contributed by atoms with Gasteiger partial charge in [0.25, 0.3) is 0 Å². The number of aromatic nitrogens is 1. The Balaban J connectivity index is 1.87. The molecule has 3 rings (SSSR count). The van der Waals surface area contributed by atoms with Gasteiger partial charge >= 0.3 is 0 Å². The molecular weight excluding hydrogens is 271 g/mol. The number of pyridine rings is 1. The van der Waals surface area contributed by atoms with Crippen LogP contribution in [0.15, 0.2) is 59.6 Å². The Labute approximate surface area is 120 Å². The van der Waals surface area contributed by atoms with Crippen molar-refractivity contribution in [3.05, 3.63) is 66.1 Å². The molecule has 0 atom stereocenters. The van der Waals surface area contributed by atoms with Crippen LogP contribution < -0.4 is 5.73 Å². The van der Waals surface area contributed by atoms with Crippen LogP contribution in [0, 0.1) is 5.82 Å². The fourth-order valence-electron chi connectivity index (χ4n) is 2.09. The topological polar surface area (TPSA) is 38.9 Å². The highest BCUT2D eigenvalue weighted by atomic mass is 32.2. The maximum atomic E-state index is 13.0. The van der Waals surface area contributed by atoms with Gasteiger partial charge in [0, 0.05) is 27.9 Å². The molecule has 0 radical (unpaired) electrons. The third kappa shape index (κ3) is 2.60. The van der Waals surface area contributed by atoms with Crippen molar-refractivity contribution < 1.29 is 4.39 Å². The van der Waals surface area contributed by atoms with Gasteiger partial charge in [-0.3, -0.25) is 4.98 Å². The van der Waals surface area contributed by atoms with Crippen molar-refractivity contribution in [3.8, 4) is 0 Å². The van der Waals surface area contributed by atoms with E-state index in [1.807, 2.05) is 24.3 Å². The normalized spacial score (nSPS) is 10.8. The highest BCUT2D eigenvalue weighted by Gasteiger charge is 2.05. The molecule has 4 heteroatoms. The van der Waals surface area contributed by atoms with Gasteiger partial charge in [0.15, 0.2) is 0 Å². The largest absolute Gasteiger partial charge is 0.398 e. The lowest BCUT2D eigenvalue weighted by atomic mass is 10.1. The Kier molecular flexibility index (Phi) is 3.56. The summed E-state index contributed by atoms with van der Waals surface area (Å²) in [5, 5.41) is 1.12. The molecule has 0 aliphatic rings. The molecule has 1 aromatic heterocycles. The number of fused-ring (bicyclic) bond motifs is 1. The highest BCUT2D eigenvalue weighted by molar-refractivity contribution is 7.98. The number of para-hydroxylation sites is 1. The molecule has 0 amide bonds. The molecule has 0 bridgehead atoms. The third-order valence-electron chi connectivity index (χ3n) is 3.07. The molecule has 0 unspecified atom stereocenters. The minimum atomic E-state index is -0.307. The zero-order valence-electron chi connectivity index (χ0n) is 10.7. The van der Waals surface area contributed by atoms with Gasteiger partial charge in [-0.05, 0) is 29.8 Å². The number of nitrogens with zero attached hydrogens (tertiary/aromatic N) is 1. The third-order valence-corrected chi connectivity index (χ3v) is 4.21. The molecule has 3 aromatic rings. The first kappa shape index (κ1) is 12.9. The Bertz CT molecular complexity index is 753. The smallest absolute Gasteiger partial charge is 0.125 e. The zero-order valence-corrected chi connectivity index (χ0v) is 11.5. The number of nitrogen functional groups attached to an aromatic ring is 1. The molecular formula is C16H13FN2S. The summed E-state index contributed by atoms with van der Waals surface area (Å²) in [4.78, 5) is 5.31. The minimum absolute atomic E-state index is 0.307. The van der Waals surface area contributed by atoms with Crippen LogP contribution >= 0.6 is 11.8 Å². The maximum Gasteiger partial charge on any atom is 0.125 e. The number of hydrogen-bond donors (Lipinski definition) is 1. The van der Waals surface area contributed by atoms with Crippen LogP contribution in [0.4, 0.5) is 10.1 Å². The lowest BCUT2D eigenvalue weighted by Crippen LogP contribution is -1.91. The van der Waals surface area contributed by atoms with E-state index in [0.29, 0.717) is 5.69 Å². The molecule has 0 saturated carbocycles. The van der Waals surface area contributed by atoms with Crippen LogP contribution in [-0.2, 0) is 5.75 Å². The first-order valence-electron chi connectivity index (χ1n) is 6.24. The van der Waals surface area contributed by atoms with Gasteiger partial charge in [-0.15, -0.1) is 11.8 Å². The molecule has 100 valence electrons. The summed E-state index contributed by atoms with van der Waals surface area (Å²) in [6, 6.07) is 14.6. The van der Waals surface area contributed by atoms with Crippen molar-refractivity contribution in [1.29, 1.82) is 0 Å². The molecule has 2 N–H and O–H groups in total. The highest BCUT2D eigenvalue weighted by Crippen LogP contribution is 2.30. The molecule has 0 saturated heterocycles. The number of anilines is 1. The summed E-state index contributed by atoms with van der Waals surface area (Å²) in [7, 11) is 0. The predicted octanol–water partition coefficient (Wildman–Crippen LogP) is 4.25. The summed E-state index contributed by atoms with van der Waals surface area (Å²) < 4.78 is 13.0. The van der Waals surface area contributed by atoms with E-state index in [2.05, 4.69) is 11.1 Å². The fourth-order valence-corrected chi connectivity index (χ4v) is 3.02. The summed E-state index contributed by atoms with van der Waals surface area (Å²) in [5.41, 5.74) is 8.45. The molecule has 2 nitrogen and oxygen atoms in total. The number of benzene rings is 2. The second-order valence-corrected chi connectivity index (χ2v) is 5.48. The van der Waals surface area contributed by atoms with Gasteiger partial charge < -0.3 is 5.73 Å². The van der Waals surface area contributed by atoms with Gasteiger partial charge in [-0.2, -0.15) is 0 Å². The van der Waals surface area contributed by atoms with Crippen LogP contribution in [0.1, 0.15) is 5.56 Å². The lowest BCUT2D eigenvalue weighted by Gasteiger charge is -2.07. The maximum absolute atomic E-state index is 13.0. The van der Waals surface area contributed by atoms with Gasteiger partial charge in [-0.25, -0.2) is 4.39 Å². The quantitative estimate of drug-likeness (QED) is 0.577. The summed E-state index contributed by atoms with van der Waals surface area (Å²) >= 11 is 1.59. The average molecular weight is 284 g/mol. The second-order valence-electron chi connectivity index (χ2n) is 4.46. The number of rotatable bonds is 3. The zero-order chi connectivity index (χ0) is 13.9. The monoisotopic (exact) mass is 284 g/mol. The molecule has 1 heterocycles. The van der Waals surface area contributed by atoms with E-state index in [1.54, 1.807) is 24.0 Å². The minimum Gasteiger partial charge on any atom is -0.398 e. The van der Waals surface area contributed by atoms with E-state index in [4.69, 9.17) is 5.73 Å². The van der Waals surface area contributed by atoms with Crippen LogP contribution in [-0.4, -0.2) is 4.98 Å². The number of halogens is 1. The van der Waals surface area contributed by atoms with Crippen molar-refractivity contribution in [2.45, 2.75) is 10.6 Å². The van der Waals surface area contributed by atoms with Gasteiger partial charge in [0.05, 0.1) is 5.52 Å². The van der Waals surface area contributed by atoms with E-state index < -0.39 is 0 Å². The van der Waals surface area contributed by atoms with Gasteiger partial charge in [0.1, 0.15) is 5.82 Å². The van der Waals surface area contributed by atoms with Gasteiger partial charge in [0.2, 0.25) is 0 Å². The number of nitrogens with two attached hydrogens (primary N) is 1. The Morgan fingerprint density at radius 2 is 1.95 bits per heavy atom. The van der Waals surface area contributed by atoms with Crippen LogP contribution in [0.5, 0.6) is 0 Å². The van der Waals surface area contributed by atoms with E-state index in [-0.39, 0.29) is 5.82 Å². The van der Waals surface area contributed by atoms with Crippen molar-refractivity contribution in [2.24, 2.45) is 0 Å². The molecule has 0 spiro atoms. The molecule has 20 heavy (non-hydrogen) atoms. The predicted molar refractivity (Wildman–Crippen MR) is 82.1 cm³/mol. The average Bonchev–Trinajstić information content (AvgIpc) is 2.46. The van der Waals surface area contributed by atoms with Gasteiger partial charge in [-0.1, -0.05) is 24.3 Å². The first-order chi connectivity index (χ1) is 9.74. The van der Waals surface area contributed by atoms with E-state index in [9.17, 15) is 4.39 Å². The SMILES string of the molecule is Nc1cc(F)ccc1SCc1cccc2cccnc12. The summed E-state index contributed by atoms with van der Waals surface area (Å²) in [6.07, 6.45) is 1.79. The Hall–Kier alpha value is -2.07. The lowest BCUT2D eigenvalue weighted by molar-refractivity contribution is 0.627. The van der Waals surface area contributed by atoms with E-state index in [1.165, 1.54) is 12.1 Å².